The summed E-state index contributed by atoms with van der Waals surface area (Å²) in [6.07, 6.45) is 5.58. The molecule has 2 aromatic rings. The third kappa shape index (κ3) is 3.40. The van der Waals surface area contributed by atoms with Crippen LogP contribution in [-0.4, -0.2) is 31.1 Å². The fourth-order valence-electron chi connectivity index (χ4n) is 4.72. The predicted octanol–water partition coefficient (Wildman–Crippen LogP) is 3.62. The molecule has 1 amide bonds. The third-order valence-corrected chi connectivity index (χ3v) is 6.23. The van der Waals surface area contributed by atoms with Gasteiger partial charge in [0, 0.05) is 25.2 Å². The van der Waals surface area contributed by atoms with Crippen LogP contribution in [0.4, 0.5) is 5.69 Å². The first-order valence-corrected chi connectivity index (χ1v) is 10.2. The molecule has 2 N–H and O–H groups in total. The first-order valence-electron chi connectivity index (χ1n) is 10.2. The Balaban J connectivity index is 1.75. The highest BCUT2D eigenvalue weighted by Gasteiger charge is 2.40. The van der Waals surface area contributed by atoms with Crippen molar-refractivity contribution in [1.29, 1.82) is 0 Å². The summed E-state index contributed by atoms with van der Waals surface area (Å²) in [5, 5.41) is 2.01. The molecule has 0 bridgehead atoms. The number of hydrazine groups is 1. The number of amides is 1. The zero-order chi connectivity index (χ0) is 19.6. The Kier molecular flexibility index (Phi) is 5.38. The number of hydrogen-bond donors (Lipinski definition) is 1. The topological polar surface area (TPSA) is 58.8 Å². The molecule has 2 saturated heterocycles. The minimum Gasteiger partial charge on any atom is -0.496 e. The fourth-order valence-corrected chi connectivity index (χ4v) is 4.72. The number of nitrogens with zero attached hydrogens (tertiary/aromatic N) is 2. The summed E-state index contributed by atoms with van der Waals surface area (Å²) in [6, 6.07) is 16.6. The Morgan fingerprint density at radius 2 is 1.89 bits per heavy atom. The molecular formula is C23H29N3O2. The normalized spacial score (nSPS) is 23.2. The summed E-state index contributed by atoms with van der Waals surface area (Å²) in [5.41, 5.74) is 3.03. The number of rotatable bonds is 5. The molecule has 2 aliphatic heterocycles. The fraction of sp³-hybridized carbons (Fsp3) is 0.435. The highest BCUT2D eigenvalue weighted by molar-refractivity contribution is 5.95. The lowest BCUT2D eigenvalue weighted by molar-refractivity contribution is -0.117. The number of methoxy groups -OCH3 is 1. The van der Waals surface area contributed by atoms with Crippen molar-refractivity contribution in [2.45, 2.75) is 44.1 Å². The van der Waals surface area contributed by atoms with Crippen LogP contribution < -0.4 is 15.5 Å². The smallest absolute Gasteiger partial charge is 0.227 e. The van der Waals surface area contributed by atoms with Gasteiger partial charge in [-0.05, 0) is 61.4 Å². The monoisotopic (exact) mass is 379 g/mol. The van der Waals surface area contributed by atoms with Crippen molar-refractivity contribution in [3.05, 3.63) is 59.7 Å². The van der Waals surface area contributed by atoms with Crippen LogP contribution in [0.3, 0.4) is 0 Å². The van der Waals surface area contributed by atoms with Gasteiger partial charge >= 0.3 is 0 Å². The van der Waals surface area contributed by atoms with Crippen LogP contribution in [0.2, 0.25) is 0 Å². The Hall–Kier alpha value is -2.37. The number of anilines is 1. The van der Waals surface area contributed by atoms with Crippen molar-refractivity contribution in [3.63, 3.8) is 0 Å². The number of piperidine rings is 1. The van der Waals surface area contributed by atoms with Gasteiger partial charge in [0.1, 0.15) is 5.75 Å². The van der Waals surface area contributed by atoms with E-state index in [1.54, 1.807) is 7.11 Å². The van der Waals surface area contributed by atoms with E-state index in [9.17, 15) is 4.79 Å². The van der Waals surface area contributed by atoms with Gasteiger partial charge in [0.2, 0.25) is 5.91 Å². The molecule has 2 fully saturated rings. The number of benzene rings is 2. The average molecular weight is 380 g/mol. The first-order chi connectivity index (χ1) is 13.6. The number of nitrogens with two attached hydrogens (primary N) is 1. The minimum atomic E-state index is -0.263. The zero-order valence-corrected chi connectivity index (χ0v) is 16.6. The van der Waals surface area contributed by atoms with Crippen molar-refractivity contribution in [2.24, 2.45) is 5.84 Å². The van der Waals surface area contributed by atoms with Crippen molar-refractivity contribution < 1.29 is 9.53 Å². The maximum Gasteiger partial charge on any atom is 0.227 e. The molecule has 0 saturated carbocycles. The predicted molar refractivity (Wildman–Crippen MR) is 111 cm³/mol. The molecule has 2 aromatic carbocycles. The SMILES string of the molecule is COc1ccc(N2CCCC2=O)cc1CC1(c2ccccc2)CCCCN1N. The third-order valence-electron chi connectivity index (χ3n) is 6.23. The number of carbonyl (C=O) groups is 1. The molecule has 0 spiro atoms. The van der Waals surface area contributed by atoms with E-state index in [4.69, 9.17) is 10.6 Å². The molecule has 0 aliphatic carbocycles. The largest absolute Gasteiger partial charge is 0.496 e. The zero-order valence-electron chi connectivity index (χ0n) is 16.6. The second-order valence-electron chi connectivity index (χ2n) is 7.87. The second-order valence-corrected chi connectivity index (χ2v) is 7.87. The summed E-state index contributed by atoms with van der Waals surface area (Å²) in [7, 11) is 1.70. The summed E-state index contributed by atoms with van der Waals surface area (Å²) in [4.78, 5) is 14.1. The molecule has 5 nitrogen and oxygen atoms in total. The Morgan fingerprint density at radius 3 is 2.57 bits per heavy atom. The van der Waals surface area contributed by atoms with Crippen molar-refractivity contribution in [3.8, 4) is 5.75 Å². The lowest BCUT2D eigenvalue weighted by Crippen LogP contribution is -2.54. The van der Waals surface area contributed by atoms with Crippen LogP contribution in [0.25, 0.3) is 0 Å². The Morgan fingerprint density at radius 1 is 1.07 bits per heavy atom. The van der Waals surface area contributed by atoms with Crippen LogP contribution in [0.15, 0.2) is 48.5 Å². The van der Waals surface area contributed by atoms with Gasteiger partial charge in [0.15, 0.2) is 0 Å². The minimum absolute atomic E-state index is 0.201. The van der Waals surface area contributed by atoms with E-state index < -0.39 is 0 Å². The van der Waals surface area contributed by atoms with Crippen LogP contribution in [-0.2, 0) is 16.8 Å². The number of hydrogen-bond acceptors (Lipinski definition) is 4. The van der Waals surface area contributed by atoms with Gasteiger partial charge in [-0.3, -0.25) is 10.6 Å². The molecular weight excluding hydrogens is 350 g/mol. The van der Waals surface area contributed by atoms with Crippen molar-refractivity contribution >= 4 is 11.6 Å². The molecule has 0 radical (unpaired) electrons. The van der Waals surface area contributed by atoms with Crippen LogP contribution >= 0.6 is 0 Å². The second kappa shape index (κ2) is 7.94. The highest BCUT2D eigenvalue weighted by atomic mass is 16.5. The van der Waals surface area contributed by atoms with Crippen molar-refractivity contribution in [1.82, 2.24) is 5.01 Å². The van der Waals surface area contributed by atoms with E-state index in [1.165, 1.54) is 5.56 Å². The van der Waals surface area contributed by atoms with E-state index >= 15 is 0 Å². The molecule has 28 heavy (non-hydrogen) atoms. The van der Waals surface area contributed by atoms with Crippen LogP contribution in [0.1, 0.15) is 43.2 Å². The van der Waals surface area contributed by atoms with E-state index in [0.717, 1.165) is 62.2 Å². The van der Waals surface area contributed by atoms with Gasteiger partial charge in [-0.25, -0.2) is 5.01 Å². The van der Waals surface area contributed by atoms with Gasteiger partial charge in [0.05, 0.1) is 12.6 Å². The van der Waals surface area contributed by atoms with Crippen LogP contribution in [0, 0.1) is 0 Å². The Labute approximate surface area is 167 Å². The van der Waals surface area contributed by atoms with Gasteiger partial charge in [-0.15, -0.1) is 0 Å². The number of ether oxygens (including phenoxy) is 1. The van der Waals surface area contributed by atoms with Crippen molar-refractivity contribution in [2.75, 3.05) is 25.1 Å². The quantitative estimate of drug-likeness (QED) is 0.806. The molecule has 0 aromatic heterocycles. The lowest BCUT2D eigenvalue weighted by atomic mass is 9.77. The van der Waals surface area contributed by atoms with Gasteiger partial charge < -0.3 is 9.64 Å². The molecule has 4 rings (SSSR count). The molecule has 2 heterocycles. The van der Waals surface area contributed by atoms with E-state index in [-0.39, 0.29) is 11.4 Å². The molecule has 1 unspecified atom stereocenters. The molecule has 148 valence electrons. The van der Waals surface area contributed by atoms with E-state index in [0.29, 0.717) is 6.42 Å². The van der Waals surface area contributed by atoms with E-state index in [2.05, 4.69) is 30.3 Å². The van der Waals surface area contributed by atoms with E-state index in [1.807, 2.05) is 28.1 Å². The van der Waals surface area contributed by atoms with Gasteiger partial charge in [-0.1, -0.05) is 30.3 Å². The summed E-state index contributed by atoms with van der Waals surface area (Å²) >= 11 is 0. The highest BCUT2D eigenvalue weighted by Crippen LogP contribution is 2.41. The van der Waals surface area contributed by atoms with Crippen LogP contribution in [0.5, 0.6) is 5.75 Å². The van der Waals surface area contributed by atoms with Gasteiger partial charge in [0.25, 0.3) is 0 Å². The lowest BCUT2D eigenvalue weighted by Gasteiger charge is -2.45. The number of carbonyl (C=O) groups excluding carboxylic acids is 1. The van der Waals surface area contributed by atoms with Gasteiger partial charge in [-0.2, -0.15) is 0 Å². The average Bonchev–Trinajstić information content (AvgIpc) is 3.16. The summed E-state index contributed by atoms with van der Waals surface area (Å²) in [5.74, 6) is 7.65. The summed E-state index contributed by atoms with van der Waals surface area (Å²) < 4.78 is 5.68. The first kappa shape index (κ1) is 19.0. The Bertz CT molecular complexity index is 839. The molecule has 1 atom stereocenters. The molecule has 5 heteroatoms. The maximum atomic E-state index is 12.2. The standard InChI is InChI=1S/C23H29N3O2/c1-28-21-12-11-20(25-14-7-10-22(25)27)16-18(21)17-23(13-5-6-15-26(23)24)19-8-3-2-4-9-19/h2-4,8-9,11-12,16H,5-7,10,13-15,17,24H2,1H3. The molecule has 2 aliphatic rings. The summed E-state index contributed by atoms with van der Waals surface area (Å²) in [6.45, 7) is 1.67. The maximum absolute atomic E-state index is 12.2.